The zero-order valence-corrected chi connectivity index (χ0v) is 13.1. The monoisotopic (exact) mass is 316 g/mol. The molecule has 0 bridgehead atoms. The second-order valence-corrected chi connectivity index (χ2v) is 7.67. The van der Waals surface area contributed by atoms with Crippen LogP contribution in [0.5, 0.6) is 0 Å². The second-order valence-electron chi connectivity index (χ2n) is 4.53. The normalized spacial score (nSPS) is 14.3. The van der Waals surface area contributed by atoms with Crippen LogP contribution in [0.25, 0.3) is 0 Å². The van der Waals surface area contributed by atoms with Gasteiger partial charge in [0.05, 0.1) is 0 Å². The quantitative estimate of drug-likeness (QED) is 0.516. The maximum atomic E-state index is 12.2. The Hall–Kier alpha value is -0.501. The predicted octanol–water partition coefficient (Wildman–Crippen LogP) is 3.30. The molecule has 0 fully saturated rings. The first-order chi connectivity index (χ1) is 8.77. The molecule has 0 aliphatic rings. The van der Waals surface area contributed by atoms with Crippen molar-refractivity contribution in [1.82, 2.24) is 0 Å². The van der Waals surface area contributed by atoms with Gasteiger partial charge in [-0.1, -0.05) is 0 Å². The van der Waals surface area contributed by atoms with Crippen molar-refractivity contribution in [2.24, 2.45) is 0 Å². The molecule has 18 heavy (non-hydrogen) atoms. The summed E-state index contributed by atoms with van der Waals surface area (Å²) in [6.07, 6.45) is 6.16. The van der Waals surface area contributed by atoms with Gasteiger partial charge in [0.25, 0.3) is 0 Å². The number of hydrogen-bond acceptors (Lipinski definition) is 2. The number of methoxy groups -OCH3 is 1. The molecule has 0 aliphatic carbocycles. The molecule has 0 aromatic heterocycles. The maximum absolute atomic E-state index is 12.2. The number of ether oxygens (including phenoxy) is 1. The minimum absolute atomic E-state index is 0.157. The SMILES string of the molecule is CCCCCCC(C[Se](=O)c1ccccc1)OC. The van der Waals surface area contributed by atoms with E-state index in [1.807, 2.05) is 30.3 Å². The van der Waals surface area contributed by atoms with Gasteiger partial charge >= 0.3 is 115 Å². The number of benzene rings is 1. The first-order valence-electron chi connectivity index (χ1n) is 6.74. The Labute approximate surface area is 115 Å². The third-order valence-corrected chi connectivity index (χ3v) is 6.15. The standard InChI is InChI=1S/C15H24O2Se/c1-3-4-5-7-10-14(17-2)13-18(16)15-11-8-6-9-12-15/h6,8-9,11-12,14H,3-5,7,10,13H2,1-2H3. The molecule has 1 aromatic rings. The zero-order chi connectivity index (χ0) is 13.2. The average molecular weight is 315 g/mol. The molecule has 0 spiro atoms. The Kier molecular flexibility index (Phi) is 8.15. The average Bonchev–Trinajstić information content (AvgIpc) is 2.43. The van der Waals surface area contributed by atoms with Crippen LogP contribution in [-0.2, 0) is 8.57 Å². The van der Waals surface area contributed by atoms with Crippen LogP contribution in [0.15, 0.2) is 30.3 Å². The van der Waals surface area contributed by atoms with E-state index in [-0.39, 0.29) is 6.10 Å². The van der Waals surface area contributed by atoms with Crippen molar-refractivity contribution in [2.75, 3.05) is 7.11 Å². The molecule has 0 heterocycles. The number of hydrogen-bond donors (Lipinski definition) is 0. The molecule has 102 valence electrons. The molecule has 0 saturated carbocycles. The first-order valence-corrected chi connectivity index (χ1v) is 9.50. The van der Waals surface area contributed by atoms with Gasteiger partial charge in [0.2, 0.25) is 0 Å². The zero-order valence-electron chi connectivity index (χ0n) is 11.4. The summed E-state index contributed by atoms with van der Waals surface area (Å²) < 4.78 is 18.7. The molecule has 3 heteroatoms. The van der Waals surface area contributed by atoms with Gasteiger partial charge in [-0.2, -0.15) is 0 Å². The molecule has 0 radical (unpaired) electrons. The molecule has 2 nitrogen and oxygen atoms in total. The van der Waals surface area contributed by atoms with Crippen molar-refractivity contribution in [3.05, 3.63) is 30.3 Å². The van der Waals surface area contributed by atoms with E-state index in [1.165, 1.54) is 25.7 Å². The number of rotatable bonds is 9. The number of unbranched alkanes of at least 4 members (excludes halogenated alkanes) is 3. The van der Waals surface area contributed by atoms with E-state index in [2.05, 4.69) is 6.92 Å². The van der Waals surface area contributed by atoms with Crippen LogP contribution in [-0.4, -0.2) is 27.0 Å². The van der Waals surface area contributed by atoms with Gasteiger partial charge in [0.15, 0.2) is 0 Å². The van der Waals surface area contributed by atoms with Crippen molar-refractivity contribution in [3.8, 4) is 0 Å². The third kappa shape index (κ3) is 5.90. The molecule has 1 aromatic carbocycles. The molecule has 2 atom stereocenters. The van der Waals surface area contributed by atoms with Crippen molar-refractivity contribution in [3.63, 3.8) is 0 Å². The fourth-order valence-corrected chi connectivity index (χ4v) is 4.62. The molecule has 0 amide bonds. The van der Waals surface area contributed by atoms with Crippen molar-refractivity contribution in [2.45, 2.75) is 50.5 Å². The molecule has 2 unspecified atom stereocenters. The van der Waals surface area contributed by atoms with Crippen LogP contribution >= 0.6 is 0 Å². The van der Waals surface area contributed by atoms with Crippen LogP contribution in [0.2, 0.25) is 5.32 Å². The van der Waals surface area contributed by atoms with E-state index in [0.717, 1.165) is 10.9 Å². The van der Waals surface area contributed by atoms with Crippen LogP contribution in [0.3, 0.4) is 0 Å². The van der Waals surface area contributed by atoms with Crippen molar-refractivity contribution in [1.29, 1.82) is 0 Å². The third-order valence-electron chi connectivity index (χ3n) is 3.06. The minimum atomic E-state index is -1.93. The van der Waals surface area contributed by atoms with Crippen molar-refractivity contribution >= 4 is 18.3 Å². The summed E-state index contributed by atoms with van der Waals surface area (Å²) >= 11 is -1.93. The Morgan fingerprint density at radius 2 is 1.89 bits per heavy atom. The second kappa shape index (κ2) is 9.43. The summed E-state index contributed by atoms with van der Waals surface area (Å²) in [7, 11) is 1.73. The Morgan fingerprint density at radius 3 is 2.50 bits per heavy atom. The van der Waals surface area contributed by atoms with Crippen LogP contribution in [0.1, 0.15) is 39.0 Å². The van der Waals surface area contributed by atoms with E-state index >= 15 is 0 Å². The van der Waals surface area contributed by atoms with Gasteiger partial charge < -0.3 is 0 Å². The molecule has 1 rings (SSSR count). The first kappa shape index (κ1) is 15.6. The van der Waals surface area contributed by atoms with Gasteiger partial charge in [-0.3, -0.25) is 0 Å². The van der Waals surface area contributed by atoms with Crippen molar-refractivity contribution < 1.29 is 8.57 Å². The van der Waals surface area contributed by atoms with Gasteiger partial charge in [-0.25, -0.2) is 0 Å². The summed E-state index contributed by atoms with van der Waals surface area (Å²) in [6, 6.07) is 9.78. The summed E-state index contributed by atoms with van der Waals surface area (Å²) in [5.74, 6) is 0. The Morgan fingerprint density at radius 1 is 1.17 bits per heavy atom. The topological polar surface area (TPSA) is 26.3 Å². The van der Waals surface area contributed by atoms with Gasteiger partial charge in [0, 0.05) is 0 Å². The van der Waals surface area contributed by atoms with Crippen LogP contribution in [0.4, 0.5) is 0 Å². The van der Waals surface area contributed by atoms with E-state index in [0.29, 0.717) is 5.32 Å². The predicted molar refractivity (Wildman–Crippen MR) is 76.9 cm³/mol. The van der Waals surface area contributed by atoms with Crippen LogP contribution in [0, 0.1) is 0 Å². The summed E-state index contributed by atoms with van der Waals surface area (Å²) in [5, 5.41) is 0.701. The Balaban J connectivity index is 2.36. The Bertz CT molecular complexity index is 338. The van der Waals surface area contributed by atoms with Gasteiger partial charge in [-0.05, 0) is 0 Å². The van der Waals surface area contributed by atoms with Gasteiger partial charge in [-0.15, -0.1) is 0 Å². The van der Waals surface area contributed by atoms with E-state index < -0.39 is 13.8 Å². The molecular weight excluding hydrogens is 291 g/mol. The fraction of sp³-hybridized carbons (Fsp3) is 0.600. The summed E-state index contributed by atoms with van der Waals surface area (Å²) in [4.78, 5) is 0. The van der Waals surface area contributed by atoms with E-state index in [4.69, 9.17) is 4.74 Å². The fourth-order valence-electron chi connectivity index (χ4n) is 1.91. The molecular formula is C15H24O2Se. The van der Waals surface area contributed by atoms with E-state index in [1.54, 1.807) is 7.11 Å². The molecule has 0 saturated heterocycles. The molecule has 0 aliphatic heterocycles. The van der Waals surface area contributed by atoms with Gasteiger partial charge in [0.1, 0.15) is 0 Å². The summed E-state index contributed by atoms with van der Waals surface area (Å²) in [6.45, 7) is 2.21. The van der Waals surface area contributed by atoms with E-state index in [9.17, 15) is 3.83 Å². The van der Waals surface area contributed by atoms with Crippen LogP contribution < -0.4 is 4.46 Å². The molecule has 0 N–H and O–H groups in total. The summed E-state index contributed by atoms with van der Waals surface area (Å²) in [5.41, 5.74) is 0.